The molecule has 2 nitrogen and oxygen atoms in total. The lowest BCUT2D eigenvalue weighted by molar-refractivity contribution is 1.01. The summed E-state index contributed by atoms with van der Waals surface area (Å²) < 4.78 is 1.03. The highest BCUT2D eigenvalue weighted by atomic mass is 32.2. The number of nitrogens with zero attached hydrogens (tertiary/aromatic N) is 2. The maximum absolute atomic E-state index is 4.04. The Balaban J connectivity index is 1.90. The number of rotatable bonds is 3. The third-order valence-corrected chi connectivity index (χ3v) is 4.48. The van der Waals surface area contributed by atoms with E-state index in [0.29, 0.717) is 0 Å². The Hall–Kier alpha value is -1.39. The number of benzene rings is 2. The summed E-state index contributed by atoms with van der Waals surface area (Å²) in [5.74, 6) is 0.941. The zero-order valence-corrected chi connectivity index (χ0v) is 10.7. The SMILES string of the molecule is c1ccc2c(CSc3nncs3)cccc2c1. The van der Waals surface area contributed by atoms with Gasteiger partial charge in [-0.1, -0.05) is 65.6 Å². The van der Waals surface area contributed by atoms with E-state index in [1.807, 2.05) is 0 Å². The zero-order valence-electron chi connectivity index (χ0n) is 9.04. The molecule has 1 heterocycles. The molecular formula is C13H10N2S2. The lowest BCUT2D eigenvalue weighted by atomic mass is 10.1. The van der Waals surface area contributed by atoms with Crippen LogP contribution in [0.1, 0.15) is 5.56 Å². The highest BCUT2D eigenvalue weighted by Crippen LogP contribution is 2.27. The smallest absolute Gasteiger partial charge is 0.146 e. The standard InChI is InChI=1S/C13H10N2S2/c1-2-7-12-10(4-1)5-3-6-11(12)8-16-13-15-14-9-17-13/h1-7,9H,8H2. The van der Waals surface area contributed by atoms with Crippen LogP contribution in [0.5, 0.6) is 0 Å². The minimum Gasteiger partial charge on any atom is -0.146 e. The topological polar surface area (TPSA) is 25.8 Å². The van der Waals surface area contributed by atoms with Crippen molar-refractivity contribution in [2.45, 2.75) is 10.1 Å². The van der Waals surface area contributed by atoms with Crippen LogP contribution in [0.4, 0.5) is 0 Å². The third-order valence-electron chi connectivity index (χ3n) is 2.57. The van der Waals surface area contributed by atoms with Gasteiger partial charge in [0.15, 0.2) is 4.34 Å². The first-order valence-electron chi connectivity index (χ1n) is 5.29. The molecule has 0 saturated carbocycles. The highest BCUT2D eigenvalue weighted by Gasteiger charge is 2.03. The second-order valence-electron chi connectivity index (χ2n) is 3.63. The first kappa shape index (κ1) is 10.7. The molecule has 0 fully saturated rings. The van der Waals surface area contributed by atoms with Gasteiger partial charge >= 0.3 is 0 Å². The Kier molecular flexibility index (Phi) is 3.07. The third kappa shape index (κ3) is 2.33. The lowest BCUT2D eigenvalue weighted by Gasteiger charge is -2.04. The molecule has 1 aromatic heterocycles. The van der Waals surface area contributed by atoms with E-state index in [-0.39, 0.29) is 0 Å². The van der Waals surface area contributed by atoms with Crippen LogP contribution in [0.15, 0.2) is 52.3 Å². The Morgan fingerprint density at radius 2 is 1.94 bits per heavy atom. The summed E-state index contributed by atoms with van der Waals surface area (Å²) in [7, 11) is 0. The molecule has 0 spiro atoms. The fourth-order valence-electron chi connectivity index (χ4n) is 1.78. The molecule has 0 amide bonds. The first-order valence-corrected chi connectivity index (χ1v) is 7.15. The highest BCUT2D eigenvalue weighted by molar-refractivity contribution is 8.00. The van der Waals surface area contributed by atoms with Crippen LogP contribution in [-0.4, -0.2) is 10.2 Å². The number of hydrogen-bond acceptors (Lipinski definition) is 4. The van der Waals surface area contributed by atoms with Crippen molar-refractivity contribution in [1.29, 1.82) is 0 Å². The van der Waals surface area contributed by atoms with E-state index in [4.69, 9.17) is 0 Å². The molecule has 0 unspecified atom stereocenters. The predicted molar refractivity (Wildman–Crippen MR) is 73.4 cm³/mol. The largest absolute Gasteiger partial charge is 0.174 e. The maximum Gasteiger partial charge on any atom is 0.174 e. The minimum atomic E-state index is 0.941. The molecule has 0 atom stereocenters. The van der Waals surface area contributed by atoms with Gasteiger partial charge in [-0.3, -0.25) is 0 Å². The molecule has 0 aliphatic rings. The molecule has 0 radical (unpaired) electrons. The predicted octanol–water partition coefficient (Wildman–Crippen LogP) is 3.98. The Morgan fingerprint density at radius 1 is 1.06 bits per heavy atom. The van der Waals surface area contributed by atoms with Crippen molar-refractivity contribution in [3.8, 4) is 0 Å². The van der Waals surface area contributed by atoms with E-state index >= 15 is 0 Å². The second-order valence-corrected chi connectivity index (χ2v) is 5.69. The van der Waals surface area contributed by atoms with Gasteiger partial charge in [-0.25, -0.2) is 0 Å². The van der Waals surface area contributed by atoms with Crippen LogP contribution in [0.3, 0.4) is 0 Å². The van der Waals surface area contributed by atoms with Gasteiger partial charge in [0.25, 0.3) is 0 Å². The molecular weight excluding hydrogens is 248 g/mol. The summed E-state index contributed by atoms with van der Waals surface area (Å²) in [5, 5.41) is 10.5. The quantitative estimate of drug-likeness (QED) is 0.664. The minimum absolute atomic E-state index is 0.941. The summed E-state index contributed by atoms with van der Waals surface area (Å²) in [6.45, 7) is 0. The van der Waals surface area contributed by atoms with E-state index in [2.05, 4.69) is 52.7 Å². The van der Waals surface area contributed by atoms with Crippen molar-refractivity contribution in [2.24, 2.45) is 0 Å². The van der Waals surface area contributed by atoms with Crippen molar-refractivity contribution in [1.82, 2.24) is 10.2 Å². The van der Waals surface area contributed by atoms with Crippen LogP contribution >= 0.6 is 23.1 Å². The van der Waals surface area contributed by atoms with Gasteiger partial charge < -0.3 is 0 Å². The average Bonchev–Trinajstić information content (AvgIpc) is 2.89. The van der Waals surface area contributed by atoms with Crippen molar-refractivity contribution in [2.75, 3.05) is 0 Å². The Morgan fingerprint density at radius 3 is 2.82 bits per heavy atom. The van der Waals surface area contributed by atoms with Gasteiger partial charge in [-0.05, 0) is 16.3 Å². The van der Waals surface area contributed by atoms with Crippen LogP contribution in [0, 0.1) is 0 Å². The van der Waals surface area contributed by atoms with Crippen molar-refractivity contribution in [3.63, 3.8) is 0 Å². The fourth-order valence-corrected chi connectivity index (χ4v) is 3.28. The second kappa shape index (κ2) is 4.85. The van der Waals surface area contributed by atoms with E-state index in [0.717, 1.165) is 10.1 Å². The van der Waals surface area contributed by atoms with Gasteiger partial charge in [-0.15, -0.1) is 10.2 Å². The number of hydrogen-bond donors (Lipinski definition) is 0. The molecule has 3 rings (SSSR count). The van der Waals surface area contributed by atoms with E-state index in [1.165, 1.54) is 16.3 Å². The monoisotopic (exact) mass is 258 g/mol. The van der Waals surface area contributed by atoms with Gasteiger partial charge in [0.1, 0.15) is 5.51 Å². The van der Waals surface area contributed by atoms with Crippen LogP contribution in [0.2, 0.25) is 0 Å². The summed E-state index contributed by atoms with van der Waals surface area (Å²) in [5.41, 5.74) is 3.12. The molecule has 3 aromatic rings. The summed E-state index contributed by atoms with van der Waals surface area (Å²) in [4.78, 5) is 0. The van der Waals surface area contributed by atoms with Gasteiger partial charge in [0.05, 0.1) is 0 Å². The molecule has 0 bridgehead atoms. The molecule has 0 N–H and O–H groups in total. The molecule has 4 heteroatoms. The van der Waals surface area contributed by atoms with E-state index in [9.17, 15) is 0 Å². The summed E-state index contributed by atoms with van der Waals surface area (Å²) in [6.07, 6.45) is 0. The average molecular weight is 258 g/mol. The molecule has 0 saturated heterocycles. The van der Waals surface area contributed by atoms with Crippen molar-refractivity contribution >= 4 is 33.9 Å². The first-order chi connectivity index (χ1) is 8.43. The Labute approximate surface area is 108 Å². The number of aromatic nitrogens is 2. The van der Waals surface area contributed by atoms with E-state index in [1.54, 1.807) is 28.6 Å². The van der Waals surface area contributed by atoms with Crippen LogP contribution in [-0.2, 0) is 5.75 Å². The van der Waals surface area contributed by atoms with Gasteiger partial charge in [-0.2, -0.15) is 0 Å². The zero-order chi connectivity index (χ0) is 11.5. The Bertz CT molecular complexity index is 615. The van der Waals surface area contributed by atoms with Crippen molar-refractivity contribution < 1.29 is 0 Å². The summed E-state index contributed by atoms with van der Waals surface area (Å²) >= 11 is 3.33. The number of fused-ring (bicyclic) bond motifs is 1. The fraction of sp³-hybridized carbons (Fsp3) is 0.0769. The summed E-state index contributed by atoms with van der Waals surface area (Å²) in [6, 6.07) is 14.9. The van der Waals surface area contributed by atoms with Crippen molar-refractivity contribution in [3.05, 3.63) is 53.5 Å². The molecule has 0 aliphatic heterocycles. The maximum atomic E-state index is 4.04. The molecule has 84 valence electrons. The number of thioether (sulfide) groups is 1. The molecule has 0 aliphatic carbocycles. The van der Waals surface area contributed by atoms with Crippen LogP contribution in [0.25, 0.3) is 10.8 Å². The molecule has 17 heavy (non-hydrogen) atoms. The van der Waals surface area contributed by atoms with E-state index < -0.39 is 0 Å². The van der Waals surface area contributed by atoms with Gasteiger partial charge in [0.2, 0.25) is 0 Å². The van der Waals surface area contributed by atoms with Crippen LogP contribution < -0.4 is 0 Å². The lowest BCUT2D eigenvalue weighted by Crippen LogP contribution is -1.83. The van der Waals surface area contributed by atoms with Gasteiger partial charge in [0, 0.05) is 5.75 Å². The molecule has 2 aromatic carbocycles. The normalized spacial score (nSPS) is 10.8.